The molecule has 2 atom stereocenters. The lowest BCUT2D eigenvalue weighted by Crippen LogP contribution is -2.46. The Morgan fingerprint density at radius 3 is 2.56 bits per heavy atom. The van der Waals surface area contributed by atoms with E-state index in [0.29, 0.717) is 12.1 Å². The molecule has 3 rings (SSSR count). The number of hydrogen-bond acceptors (Lipinski definition) is 2. The van der Waals surface area contributed by atoms with Gasteiger partial charge in [-0.15, -0.1) is 0 Å². The Labute approximate surface area is 109 Å². The number of hydrogen-bond donors (Lipinski definition) is 1. The van der Waals surface area contributed by atoms with Gasteiger partial charge in [0.2, 0.25) is 0 Å². The molecule has 2 nitrogen and oxygen atoms in total. The van der Waals surface area contributed by atoms with Crippen LogP contribution in [0.4, 0.5) is 0 Å². The van der Waals surface area contributed by atoms with Gasteiger partial charge in [0.1, 0.15) is 0 Å². The first-order chi connectivity index (χ1) is 8.84. The van der Waals surface area contributed by atoms with Crippen LogP contribution in [0.25, 0.3) is 5.57 Å². The SMILES string of the molecule is N[C@H]1CCC[C@@H]1N1CC=C(c2ccccc2)CC1. The molecule has 2 aliphatic rings. The molecule has 0 bridgehead atoms. The summed E-state index contributed by atoms with van der Waals surface area (Å²) in [4.78, 5) is 2.57. The van der Waals surface area contributed by atoms with Crippen LogP contribution in [0.2, 0.25) is 0 Å². The summed E-state index contributed by atoms with van der Waals surface area (Å²) < 4.78 is 0. The first kappa shape index (κ1) is 11.9. The second kappa shape index (κ2) is 5.25. The Kier molecular flexibility index (Phi) is 3.48. The van der Waals surface area contributed by atoms with Gasteiger partial charge in [0, 0.05) is 25.2 Å². The summed E-state index contributed by atoms with van der Waals surface area (Å²) in [6.07, 6.45) is 7.35. The lowest BCUT2D eigenvalue weighted by Gasteiger charge is -2.34. The topological polar surface area (TPSA) is 29.3 Å². The largest absolute Gasteiger partial charge is 0.326 e. The standard InChI is InChI=1S/C16H22N2/c17-15-7-4-8-16(15)18-11-9-14(10-12-18)13-5-2-1-3-6-13/h1-3,5-6,9,15-16H,4,7-8,10-12,17H2/t15-,16-/m0/s1. The van der Waals surface area contributed by atoms with Crippen LogP contribution in [0.3, 0.4) is 0 Å². The van der Waals surface area contributed by atoms with Gasteiger partial charge in [0.25, 0.3) is 0 Å². The average Bonchev–Trinajstić information content (AvgIpc) is 2.86. The predicted octanol–water partition coefficient (Wildman–Crippen LogP) is 2.66. The minimum atomic E-state index is 0.400. The van der Waals surface area contributed by atoms with Crippen LogP contribution in [-0.4, -0.2) is 30.1 Å². The molecule has 1 aliphatic carbocycles. The molecule has 1 saturated carbocycles. The molecular formula is C16H22N2. The Balaban J connectivity index is 1.68. The Morgan fingerprint density at radius 2 is 1.94 bits per heavy atom. The zero-order valence-electron chi connectivity index (χ0n) is 10.9. The summed E-state index contributed by atoms with van der Waals surface area (Å²) in [5.74, 6) is 0. The molecule has 96 valence electrons. The van der Waals surface area contributed by atoms with Crippen LogP contribution in [-0.2, 0) is 0 Å². The molecule has 1 fully saturated rings. The van der Waals surface area contributed by atoms with Gasteiger partial charge < -0.3 is 5.73 Å². The van der Waals surface area contributed by atoms with Gasteiger partial charge in [-0.3, -0.25) is 4.90 Å². The molecule has 0 radical (unpaired) electrons. The zero-order valence-corrected chi connectivity index (χ0v) is 10.9. The molecule has 0 aromatic heterocycles. The summed E-state index contributed by atoms with van der Waals surface area (Å²) in [6, 6.07) is 11.8. The fraction of sp³-hybridized carbons (Fsp3) is 0.500. The predicted molar refractivity (Wildman–Crippen MR) is 76.2 cm³/mol. The molecule has 1 heterocycles. The van der Waals surface area contributed by atoms with E-state index in [1.54, 1.807) is 0 Å². The van der Waals surface area contributed by atoms with Gasteiger partial charge in [-0.05, 0) is 30.4 Å². The third-order valence-electron chi connectivity index (χ3n) is 4.39. The number of benzene rings is 1. The van der Waals surface area contributed by atoms with E-state index < -0.39 is 0 Å². The van der Waals surface area contributed by atoms with Gasteiger partial charge in [-0.1, -0.05) is 42.8 Å². The Hall–Kier alpha value is -1.12. The number of nitrogens with zero attached hydrogens (tertiary/aromatic N) is 1. The van der Waals surface area contributed by atoms with Crippen LogP contribution in [0.1, 0.15) is 31.2 Å². The molecule has 1 aliphatic heterocycles. The lowest BCUT2D eigenvalue weighted by molar-refractivity contribution is 0.204. The van der Waals surface area contributed by atoms with Crippen molar-refractivity contribution in [2.45, 2.75) is 37.8 Å². The minimum absolute atomic E-state index is 0.400. The molecular weight excluding hydrogens is 220 g/mol. The maximum absolute atomic E-state index is 6.19. The third-order valence-corrected chi connectivity index (χ3v) is 4.39. The van der Waals surface area contributed by atoms with Crippen LogP contribution in [0.5, 0.6) is 0 Å². The Morgan fingerprint density at radius 1 is 1.11 bits per heavy atom. The quantitative estimate of drug-likeness (QED) is 0.864. The van der Waals surface area contributed by atoms with Gasteiger partial charge >= 0.3 is 0 Å². The van der Waals surface area contributed by atoms with E-state index >= 15 is 0 Å². The molecule has 0 spiro atoms. The monoisotopic (exact) mass is 242 g/mol. The van der Waals surface area contributed by atoms with E-state index in [1.807, 2.05) is 0 Å². The van der Waals surface area contributed by atoms with E-state index in [2.05, 4.69) is 41.3 Å². The fourth-order valence-corrected chi connectivity index (χ4v) is 3.32. The summed E-state index contributed by atoms with van der Waals surface area (Å²) in [5.41, 5.74) is 9.07. The van der Waals surface area contributed by atoms with Crippen molar-refractivity contribution in [3.8, 4) is 0 Å². The third kappa shape index (κ3) is 2.36. The van der Waals surface area contributed by atoms with Crippen molar-refractivity contribution in [2.24, 2.45) is 5.73 Å². The molecule has 2 N–H and O–H groups in total. The van der Waals surface area contributed by atoms with Crippen molar-refractivity contribution in [1.82, 2.24) is 4.90 Å². The normalized spacial score (nSPS) is 29.3. The highest BCUT2D eigenvalue weighted by molar-refractivity contribution is 5.66. The first-order valence-electron chi connectivity index (χ1n) is 7.08. The fourth-order valence-electron chi connectivity index (χ4n) is 3.32. The van der Waals surface area contributed by atoms with Gasteiger partial charge in [0.15, 0.2) is 0 Å². The van der Waals surface area contributed by atoms with Crippen molar-refractivity contribution >= 4 is 5.57 Å². The smallest absolute Gasteiger partial charge is 0.0250 e. The van der Waals surface area contributed by atoms with Crippen molar-refractivity contribution in [3.05, 3.63) is 42.0 Å². The second-order valence-electron chi connectivity index (χ2n) is 5.50. The molecule has 2 heteroatoms. The maximum atomic E-state index is 6.19. The van der Waals surface area contributed by atoms with Crippen LogP contribution in [0, 0.1) is 0 Å². The molecule has 1 aromatic rings. The summed E-state index contributed by atoms with van der Waals surface area (Å²) >= 11 is 0. The van der Waals surface area contributed by atoms with E-state index in [0.717, 1.165) is 13.0 Å². The summed E-state index contributed by atoms with van der Waals surface area (Å²) in [6.45, 7) is 2.24. The second-order valence-corrected chi connectivity index (χ2v) is 5.50. The molecule has 1 aromatic carbocycles. The molecule has 18 heavy (non-hydrogen) atoms. The zero-order chi connectivity index (χ0) is 12.4. The Bertz CT molecular complexity index is 424. The van der Waals surface area contributed by atoms with E-state index in [4.69, 9.17) is 5.73 Å². The van der Waals surface area contributed by atoms with Gasteiger partial charge in [-0.25, -0.2) is 0 Å². The number of rotatable bonds is 2. The summed E-state index contributed by atoms with van der Waals surface area (Å²) in [7, 11) is 0. The van der Waals surface area contributed by atoms with Crippen molar-refractivity contribution in [2.75, 3.05) is 13.1 Å². The van der Waals surface area contributed by atoms with E-state index in [1.165, 1.54) is 36.9 Å². The maximum Gasteiger partial charge on any atom is 0.0250 e. The van der Waals surface area contributed by atoms with E-state index in [-0.39, 0.29) is 0 Å². The molecule has 0 unspecified atom stereocenters. The first-order valence-corrected chi connectivity index (χ1v) is 7.08. The van der Waals surface area contributed by atoms with Gasteiger partial charge in [-0.2, -0.15) is 0 Å². The highest BCUT2D eigenvalue weighted by Crippen LogP contribution is 2.28. The molecule has 0 amide bonds. The highest BCUT2D eigenvalue weighted by Gasteiger charge is 2.30. The highest BCUT2D eigenvalue weighted by atomic mass is 15.2. The number of nitrogens with two attached hydrogens (primary N) is 1. The van der Waals surface area contributed by atoms with E-state index in [9.17, 15) is 0 Å². The molecule has 0 saturated heterocycles. The van der Waals surface area contributed by atoms with Crippen LogP contribution < -0.4 is 5.73 Å². The van der Waals surface area contributed by atoms with Crippen molar-refractivity contribution in [3.63, 3.8) is 0 Å². The average molecular weight is 242 g/mol. The van der Waals surface area contributed by atoms with Crippen LogP contribution >= 0.6 is 0 Å². The summed E-state index contributed by atoms with van der Waals surface area (Å²) in [5, 5.41) is 0. The minimum Gasteiger partial charge on any atom is -0.326 e. The van der Waals surface area contributed by atoms with Crippen molar-refractivity contribution < 1.29 is 0 Å². The van der Waals surface area contributed by atoms with Gasteiger partial charge in [0.05, 0.1) is 0 Å². The van der Waals surface area contributed by atoms with Crippen molar-refractivity contribution in [1.29, 1.82) is 0 Å². The lowest BCUT2D eigenvalue weighted by atomic mass is 9.98. The van der Waals surface area contributed by atoms with Crippen LogP contribution in [0.15, 0.2) is 36.4 Å².